The SMILES string of the molecule is Cc1ccc(C)c(S(=O)(=O)N(C)Cc2ccc(Cl)cc2)c1. The first kappa shape index (κ1) is 16.0. The Morgan fingerprint density at radius 1 is 1.05 bits per heavy atom. The van der Waals surface area contributed by atoms with Gasteiger partial charge in [0.25, 0.3) is 0 Å². The molecule has 2 rings (SSSR count). The molecule has 0 saturated heterocycles. The first-order chi connectivity index (χ1) is 9.80. The van der Waals surface area contributed by atoms with Gasteiger partial charge in [-0.2, -0.15) is 4.31 Å². The van der Waals surface area contributed by atoms with E-state index in [1.54, 1.807) is 25.2 Å². The smallest absolute Gasteiger partial charge is 0.207 e. The third-order valence-corrected chi connectivity index (χ3v) is 5.55. The van der Waals surface area contributed by atoms with Crippen LogP contribution in [0, 0.1) is 13.8 Å². The van der Waals surface area contributed by atoms with E-state index in [9.17, 15) is 8.42 Å². The maximum Gasteiger partial charge on any atom is 0.243 e. The zero-order valence-corrected chi connectivity index (χ0v) is 13.9. The van der Waals surface area contributed by atoms with Crippen molar-refractivity contribution in [1.29, 1.82) is 0 Å². The second-order valence-electron chi connectivity index (χ2n) is 5.16. The number of hydrogen-bond acceptors (Lipinski definition) is 2. The van der Waals surface area contributed by atoms with Crippen molar-refractivity contribution in [3.63, 3.8) is 0 Å². The van der Waals surface area contributed by atoms with Crippen molar-refractivity contribution in [2.45, 2.75) is 25.3 Å². The molecule has 0 spiro atoms. The van der Waals surface area contributed by atoms with E-state index in [-0.39, 0.29) is 0 Å². The number of rotatable bonds is 4. The Morgan fingerprint density at radius 2 is 1.67 bits per heavy atom. The van der Waals surface area contributed by atoms with E-state index in [0.717, 1.165) is 16.7 Å². The number of hydrogen-bond donors (Lipinski definition) is 0. The summed E-state index contributed by atoms with van der Waals surface area (Å²) in [4.78, 5) is 0.360. The van der Waals surface area contributed by atoms with Gasteiger partial charge in [-0.25, -0.2) is 8.42 Å². The number of sulfonamides is 1. The predicted molar refractivity (Wildman–Crippen MR) is 86.0 cm³/mol. The lowest BCUT2D eigenvalue weighted by Gasteiger charge is -2.19. The molecule has 21 heavy (non-hydrogen) atoms. The topological polar surface area (TPSA) is 37.4 Å². The van der Waals surface area contributed by atoms with Gasteiger partial charge >= 0.3 is 0 Å². The van der Waals surface area contributed by atoms with Crippen molar-refractivity contribution in [2.24, 2.45) is 0 Å². The lowest BCUT2D eigenvalue weighted by Crippen LogP contribution is -2.27. The van der Waals surface area contributed by atoms with E-state index < -0.39 is 10.0 Å². The Hall–Kier alpha value is -1.36. The Balaban J connectivity index is 2.30. The summed E-state index contributed by atoms with van der Waals surface area (Å²) in [5, 5.41) is 0.638. The molecule has 0 N–H and O–H groups in total. The standard InChI is InChI=1S/C16H18ClNO2S/c1-12-4-5-13(2)16(10-12)21(19,20)18(3)11-14-6-8-15(17)9-7-14/h4-10H,11H2,1-3H3. The molecule has 0 aromatic heterocycles. The molecule has 112 valence electrons. The van der Waals surface area contributed by atoms with E-state index in [2.05, 4.69) is 0 Å². The minimum absolute atomic E-state index is 0.312. The van der Waals surface area contributed by atoms with Crippen LogP contribution in [0.15, 0.2) is 47.4 Å². The fourth-order valence-electron chi connectivity index (χ4n) is 2.09. The molecule has 0 bridgehead atoms. The molecule has 0 atom stereocenters. The molecule has 0 aliphatic carbocycles. The van der Waals surface area contributed by atoms with Gasteiger partial charge in [0.15, 0.2) is 0 Å². The summed E-state index contributed by atoms with van der Waals surface area (Å²) in [7, 11) is -1.91. The third-order valence-electron chi connectivity index (χ3n) is 3.35. The highest BCUT2D eigenvalue weighted by Gasteiger charge is 2.22. The molecule has 0 fully saturated rings. The number of halogens is 1. The Morgan fingerprint density at radius 3 is 2.29 bits per heavy atom. The molecular formula is C16H18ClNO2S. The second-order valence-corrected chi connectivity index (χ2v) is 7.61. The van der Waals surface area contributed by atoms with Crippen LogP contribution in [0.25, 0.3) is 0 Å². The average Bonchev–Trinajstić information content (AvgIpc) is 2.43. The van der Waals surface area contributed by atoms with Crippen LogP contribution >= 0.6 is 11.6 Å². The highest BCUT2D eigenvalue weighted by atomic mass is 35.5. The maximum atomic E-state index is 12.7. The van der Waals surface area contributed by atoms with Crippen molar-refractivity contribution in [1.82, 2.24) is 4.31 Å². The molecule has 5 heteroatoms. The van der Waals surface area contributed by atoms with Gasteiger partial charge in [0.05, 0.1) is 4.90 Å². The average molecular weight is 324 g/mol. The van der Waals surface area contributed by atoms with E-state index in [1.165, 1.54) is 4.31 Å². The first-order valence-electron chi connectivity index (χ1n) is 6.59. The zero-order valence-electron chi connectivity index (χ0n) is 12.3. The summed E-state index contributed by atoms with van der Waals surface area (Å²) >= 11 is 5.84. The summed E-state index contributed by atoms with van der Waals surface area (Å²) in [5.74, 6) is 0. The van der Waals surface area contributed by atoms with Crippen molar-refractivity contribution >= 4 is 21.6 Å². The minimum atomic E-state index is -3.50. The predicted octanol–water partition coefficient (Wildman–Crippen LogP) is 3.78. The molecular weight excluding hydrogens is 306 g/mol. The molecule has 0 unspecified atom stereocenters. The Bertz CT molecular complexity index is 739. The number of benzene rings is 2. The van der Waals surface area contributed by atoms with Gasteiger partial charge in [-0.15, -0.1) is 0 Å². The van der Waals surface area contributed by atoms with Crippen molar-refractivity contribution in [3.8, 4) is 0 Å². The van der Waals surface area contributed by atoms with Gasteiger partial charge < -0.3 is 0 Å². The van der Waals surface area contributed by atoms with Crippen LogP contribution in [-0.4, -0.2) is 19.8 Å². The summed E-state index contributed by atoms with van der Waals surface area (Å²) in [6, 6.07) is 12.6. The number of aryl methyl sites for hydroxylation is 2. The van der Waals surface area contributed by atoms with Crippen LogP contribution < -0.4 is 0 Å². The van der Waals surface area contributed by atoms with Crippen LogP contribution in [0.1, 0.15) is 16.7 Å². The molecule has 0 heterocycles. The normalized spacial score (nSPS) is 11.9. The van der Waals surface area contributed by atoms with Crippen LogP contribution in [0.4, 0.5) is 0 Å². The van der Waals surface area contributed by atoms with Crippen LogP contribution in [0.3, 0.4) is 0 Å². The summed E-state index contributed by atoms with van der Waals surface area (Å²) in [6.45, 7) is 4.01. The van der Waals surface area contributed by atoms with Gasteiger partial charge in [-0.1, -0.05) is 35.9 Å². The fourth-order valence-corrected chi connectivity index (χ4v) is 3.68. The highest BCUT2D eigenvalue weighted by Crippen LogP contribution is 2.22. The summed E-state index contributed by atoms with van der Waals surface area (Å²) in [5.41, 5.74) is 2.58. The molecule has 0 radical (unpaired) electrons. The van der Waals surface area contributed by atoms with Gasteiger partial charge in [0.2, 0.25) is 10.0 Å². The van der Waals surface area contributed by atoms with E-state index in [1.807, 2.05) is 38.1 Å². The molecule has 0 aliphatic rings. The van der Waals surface area contributed by atoms with Gasteiger partial charge in [0.1, 0.15) is 0 Å². The minimum Gasteiger partial charge on any atom is -0.207 e. The van der Waals surface area contributed by atoms with Crippen LogP contribution in [0.2, 0.25) is 5.02 Å². The van der Waals surface area contributed by atoms with Gasteiger partial charge in [-0.3, -0.25) is 0 Å². The summed E-state index contributed by atoms with van der Waals surface area (Å²) in [6.07, 6.45) is 0. The fraction of sp³-hybridized carbons (Fsp3) is 0.250. The van der Waals surface area contributed by atoms with E-state index in [4.69, 9.17) is 11.6 Å². The Labute approximate surface area is 131 Å². The third kappa shape index (κ3) is 3.64. The highest BCUT2D eigenvalue weighted by molar-refractivity contribution is 7.89. The summed E-state index contributed by atoms with van der Waals surface area (Å²) < 4.78 is 26.7. The van der Waals surface area contributed by atoms with E-state index >= 15 is 0 Å². The molecule has 2 aromatic carbocycles. The maximum absolute atomic E-state index is 12.7. The lowest BCUT2D eigenvalue weighted by molar-refractivity contribution is 0.466. The second kappa shape index (κ2) is 6.18. The lowest BCUT2D eigenvalue weighted by atomic mass is 10.2. The van der Waals surface area contributed by atoms with Crippen molar-refractivity contribution in [2.75, 3.05) is 7.05 Å². The molecule has 0 saturated carbocycles. The molecule has 0 amide bonds. The largest absolute Gasteiger partial charge is 0.243 e. The van der Waals surface area contributed by atoms with Crippen LogP contribution in [0.5, 0.6) is 0 Å². The van der Waals surface area contributed by atoms with Gasteiger partial charge in [-0.05, 0) is 48.7 Å². The zero-order chi connectivity index (χ0) is 15.6. The Kier molecular flexibility index (Phi) is 4.71. The number of nitrogens with zero attached hydrogens (tertiary/aromatic N) is 1. The molecule has 2 aromatic rings. The molecule has 0 aliphatic heterocycles. The monoisotopic (exact) mass is 323 g/mol. The van der Waals surface area contributed by atoms with Crippen molar-refractivity contribution < 1.29 is 8.42 Å². The first-order valence-corrected chi connectivity index (χ1v) is 8.40. The van der Waals surface area contributed by atoms with E-state index in [0.29, 0.717) is 16.5 Å². The van der Waals surface area contributed by atoms with Crippen LogP contribution in [-0.2, 0) is 16.6 Å². The quantitative estimate of drug-likeness (QED) is 0.858. The van der Waals surface area contributed by atoms with Crippen molar-refractivity contribution in [3.05, 3.63) is 64.2 Å². The van der Waals surface area contributed by atoms with Gasteiger partial charge in [0, 0.05) is 18.6 Å². The molecule has 3 nitrogen and oxygen atoms in total.